The number of para-hydroxylation sites is 1. The third-order valence-corrected chi connectivity index (χ3v) is 6.94. The molecule has 42 heavy (non-hydrogen) atoms. The van der Waals surface area contributed by atoms with Crippen LogP contribution in [0.15, 0.2) is 97.1 Å². The fourth-order valence-electron chi connectivity index (χ4n) is 4.75. The number of ether oxygens (including phenoxy) is 2. The van der Waals surface area contributed by atoms with Crippen LogP contribution in [-0.2, 0) is 17.8 Å². The van der Waals surface area contributed by atoms with Gasteiger partial charge in [-0.15, -0.1) is 0 Å². The van der Waals surface area contributed by atoms with Crippen LogP contribution in [0.25, 0.3) is 11.1 Å². The number of carboxylic acids is 1. The van der Waals surface area contributed by atoms with Crippen LogP contribution in [0, 0.1) is 0 Å². The van der Waals surface area contributed by atoms with E-state index in [4.69, 9.17) is 9.47 Å². The Morgan fingerprint density at radius 2 is 1.43 bits per heavy atom. The van der Waals surface area contributed by atoms with Crippen LogP contribution in [0.5, 0.6) is 11.5 Å². The van der Waals surface area contributed by atoms with Crippen molar-refractivity contribution in [1.29, 1.82) is 0 Å². The Labute approximate surface area is 245 Å². The van der Waals surface area contributed by atoms with Gasteiger partial charge in [-0.2, -0.15) is 0 Å². The van der Waals surface area contributed by atoms with Crippen molar-refractivity contribution in [3.63, 3.8) is 0 Å². The summed E-state index contributed by atoms with van der Waals surface area (Å²) in [7, 11) is 3.18. The normalized spacial score (nSPS) is 10.5. The predicted octanol–water partition coefficient (Wildman–Crippen LogP) is 5.46. The number of carbonyl (C=O) groups is 3. The molecule has 0 atom stereocenters. The number of rotatable bonds is 13. The lowest BCUT2D eigenvalue weighted by molar-refractivity contribution is -0.137. The van der Waals surface area contributed by atoms with Gasteiger partial charge in [0.25, 0.3) is 11.8 Å². The van der Waals surface area contributed by atoms with E-state index < -0.39 is 5.97 Å². The molecule has 8 nitrogen and oxygen atoms in total. The van der Waals surface area contributed by atoms with Gasteiger partial charge in [-0.05, 0) is 53.4 Å². The van der Waals surface area contributed by atoms with Crippen molar-refractivity contribution >= 4 is 17.8 Å². The Hall–Kier alpha value is -5.11. The molecular formula is C34H34N2O6. The molecule has 0 aromatic heterocycles. The molecule has 0 heterocycles. The summed E-state index contributed by atoms with van der Waals surface area (Å²) >= 11 is 0. The fourth-order valence-corrected chi connectivity index (χ4v) is 4.75. The van der Waals surface area contributed by atoms with Gasteiger partial charge in [0.15, 0.2) is 0 Å². The van der Waals surface area contributed by atoms with Gasteiger partial charge < -0.3 is 24.8 Å². The van der Waals surface area contributed by atoms with Gasteiger partial charge in [-0.25, -0.2) is 0 Å². The summed E-state index contributed by atoms with van der Waals surface area (Å²) in [4.78, 5) is 40.3. The Balaban J connectivity index is 1.61. The highest BCUT2D eigenvalue weighted by Gasteiger charge is 2.23. The van der Waals surface area contributed by atoms with Crippen molar-refractivity contribution in [1.82, 2.24) is 10.2 Å². The summed E-state index contributed by atoms with van der Waals surface area (Å²) in [6, 6.07) is 29.2. The lowest BCUT2D eigenvalue weighted by Crippen LogP contribution is -2.35. The molecular weight excluding hydrogens is 532 g/mol. The molecule has 0 aliphatic heterocycles. The number of nitrogens with zero attached hydrogens (tertiary/aromatic N) is 1. The number of hydrogen-bond acceptors (Lipinski definition) is 5. The molecule has 0 aliphatic rings. The number of hydrogen-bond donors (Lipinski definition) is 2. The minimum Gasteiger partial charge on any atom is -0.497 e. The van der Waals surface area contributed by atoms with Crippen molar-refractivity contribution in [3.8, 4) is 22.6 Å². The highest BCUT2D eigenvalue weighted by Crippen LogP contribution is 2.29. The average Bonchev–Trinajstić information content (AvgIpc) is 3.03. The van der Waals surface area contributed by atoms with Gasteiger partial charge in [0.2, 0.25) is 0 Å². The molecule has 0 fully saturated rings. The zero-order valence-corrected chi connectivity index (χ0v) is 23.7. The van der Waals surface area contributed by atoms with Crippen LogP contribution < -0.4 is 14.8 Å². The second kappa shape index (κ2) is 14.5. The van der Waals surface area contributed by atoms with E-state index in [0.29, 0.717) is 46.7 Å². The topological polar surface area (TPSA) is 105 Å². The van der Waals surface area contributed by atoms with E-state index >= 15 is 0 Å². The van der Waals surface area contributed by atoms with E-state index in [-0.39, 0.29) is 31.3 Å². The summed E-state index contributed by atoms with van der Waals surface area (Å²) in [6.45, 7) is 0.632. The molecule has 4 rings (SSSR count). The first-order valence-electron chi connectivity index (χ1n) is 13.6. The predicted molar refractivity (Wildman–Crippen MR) is 161 cm³/mol. The number of methoxy groups -OCH3 is 2. The van der Waals surface area contributed by atoms with Gasteiger partial charge in [0, 0.05) is 36.3 Å². The maximum absolute atomic E-state index is 14.0. The maximum Gasteiger partial charge on any atom is 0.305 e. The monoisotopic (exact) mass is 566 g/mol. The van der Waals surface area contributed by atoms with Crippen molar-refractivity contribution in [3.05, 3.63) is 119 Å². The molecule has 216 valence electrons. The summed E-state index contributed by atoms with van der Waals surface area (Å²) in [5.74, 6) is -0.197. The van der Waals surface area contributed by atoms with E-state index in [1.54, 1.807) is 49.5 Å². The average molecular weight is 567 g/mol. The standard InChI is InChI=1S/C34H34N2O6/c1-41-26-12-9-10-24(22-26)18-20-36(21-19-32(37)38)34(40)30-16-7-5-14-28(30)27-13-4-6-15-29(27)33(39)35-23-25-11-3-8-17-31(25)42-2/h3-17,22H,18-21,23H2,1-2H3,(H,35,39)(H,37,38). The fraction of sp³-hybridized carbons (Fsp3) is 0.206. The van der Waals surface area contributed by atoms with Gasteiger partial charge in [0.1, 0.15) is 11.5 Å². The molecule has 8 heteroatoms. The lowest BCUT2D eigenvalue weighted by Gasteiger charge is -2.24. The largest absolute Gasteiger partial charge is 0.497 e. The number of carbonyl (C=O) groups excluding carboxylic acids is 2. The Bertz CT molecular complexity index is 1550. The first kappa shape index (κ1) is 29.9. The van der Waals surface area contributed by atoms with E-state index in [1.165, 1.54) is 0 Å². The Morgan fingerprint density at radius 3 is 2.14 bits per heavy atom. The van der Waals surface area contributed by atoms with Gasteiger partial charge in [-0.1, -0.05) is 66.7 Å². The van der Waals surface area contributed by atoms with Crippen molar-refractivity contribution < 1.29 is 29.0 Å². The van der Waals surface area contributed by atoms with Crippen LogP contribution in [0.1, 0.15) is 38.3 Å². The third kappa shape index (κ3) is 7.54. The van der Waals surface area contributed by atoms with Crippen LogP contribution >= 0.6 is 0 Å². The zero-order valence-electron chi connectivity index (χ0n) is 23.7. The molecule has 4 aromatic carbocycles. The van der Waals surface area contributed by atoms with Crippen LogP contribution in [-0.4, -0.2) is 55.1 Å². The lowest BCUT2D eigenvalue weighted by atomic mass is 9.94. The Kier molecular flexibility index (Phi) is 10.3. The first-order chi connectivity index (χ1) is 20.4. The molecule has 4 aromatic rings. The second-order valence-corrected chi connectivity index (χ2v) is 9.62. The first-order valence-corrected chi connectivity index (χ1v) is 13.6. The van der Waals surface area contributed by atoms with Crippen LogP contribution in [0.3, 0.4) is 0 Å². The van der Waals surface area contributed by atoms with Crippen molar-refractivity contribution in [2.45, 2.75) is 19.4 Å². The van der Waals surface area contributed by atoms with Gasteiger partial charge in [-0.3, -0.25) is 14.4 Å². The quantitative estimate of drug-likeness (QED) is 0.223. The highest BCUT2D eigenvalue weighted by molar-refractivity contribution is 6.06. The maximum atomic E-state index is 14.0. The second-order valence-electron chi connectivity index (χ2n) is 9.62. The van der Waals surface area contributed by atoms with Gasteiger partial charge in [0.05, 0.1) is 20.6 Å². The van der Waals surface area contributed by atoms with E-state index in [9.17, 15) is 19.5 Å². The SMILES string of the molecule is COc1cccc(CCN(CCC(=O)O)C(=O)c2ccccc2-c2ccccc2C(=O)NCc2ccccc2OC)c1. The molecule has 0 saturated heterocycles. The molecule has 0 spiro atoms. The highest BCUT2D eigenvalue weighted by atomic mass is 16.5. The van der Waals surface area contributed by atoms with Gasteiger partial charge >= 0.3 is 5.97 Å². The zero-order chi connectivity index (χ0) is 29.9. The molecule has 0 bridgehead atoms. The summed E-state index contributed by atoms with van der Waals surface area (Å²) in [5.41, 5.74) is 3.80. The van der Waals surface area contributed by atoms with E-state index in [1.807, 2.05) is 66.7 Å². The Morgan fingerprint density at radius 1 is 0.762 bits per heavy atom. The summed E-state index contributed by atoms with van der Waals surface area (Å²) in [5, 5.41) is 12.3. The van der Waals surface area contributed by atoms with E-state index in [2.05, 4.69) is 5.32 Å². The molecule has 2 amide bonds. The number of aliphatic carboxylic acids is 1. The molecule has 0 aliphatic carbocycles. The number of carboxylic acid groups (broad SMARTS) is 1. The molecule has 0 saturated carbocycles. The number of benzene rings is 4. The molecule has 0 radical (unpaired) electrons. The number of nitrogens with one attached hydrogen (secondary N) is 1. The molecule has 2 N–H and O–H groups in total. The van der Waals surface area contributed by atoms with Crippen LogP contribution in [0.4, 0.5) is 0 Å². The van der Waals surface area contributed by atoms with Crippen LogP contribution in [0.2, 0.25) is 0 Å². The minimum absolute atomic E-state index is 0.0491. The summed E-state index contributed by atoms with van der Waals surface area (Å²) in [6.07, 6.45) is 0.334. The molecule has 0 unspecified atom stereocenters. The number of amides is 2. The third-order valence-electron chi connectivity index (χ3n) is 6.94. The van der Waals surface area contributed by atoms with E-state index in [0.717, 1.165) is 11.1 Å². The smallest absolute Gasteiger partial charge is 0.305 e. The summed E-state index contributed by atoms with van der Waals surface area (Å²) < 4.78 is 10.7. The minimum atomic E-state index is -0.987. The van der Waals surface area contributed by atoms with Crippen molar-refractivity contribution in [2.75, 3.05) is 27.3 Å². The van der Waals surface area contributed by atoms with Crippen molar-refractivity contribution in [2.24, 2.45) is 0 Å².